The van der Waals surface area contributed by atoms with Gasteiger partial charge in [0.1, 0.15) is 5.52 Å². The molecule has 0 amide bonds. The van der Waals surface area contributed by atoms with E-state index in [1.807, 2.05) is 112 Å². The molecule has 228 valence electrons. The van der Waals surface area contributed by atoms with Gasteiger partial charge >= 0.3 is 12.8 Å². The van der Waals surface area contributed by atoms with Gasteiger partial charge in [-0.15, -0.1) is 0 Å². The molecule has 1 aliphatic heterocycles. The Morgan fingerprint density at radius 3 is 1.95 bits per heavy atom. The summed E-state index contributed by atoms with van der Waals surface area (Å²) in [6.45, 7) is 24.9. The largest absolute Gasteiger partial charge is 0.494 e. The lowest BCUT2D eigenvalue weighted by atomic mass is 9.79. The van der Waals surface area contributed by atoms with Gasteiger partial charge in [0.05, 0.1) is 23.9 Å². The van der Waals surface area contributed by atoms with E-state index in [2.05, 4.69) is 24.9 Å². The van der Waals surface area contributed by atoms with Crippen LogP contribution in [0.5, 0.6) is 0 Å². The Hall–Kier alpha value is -3.23. The van der Waals surface area contributed by atoms with Crippen LogP contribution in [0.4, 0.5) is 0 Å². The van der Waals surface area contributed by atoms with Gasteiger partial charge < -0.3 is 9.31 Å². The second kappa shape index (κ2) is 14.8. The summed E-state index contributed by atoms with van der Waals surface area (Å²) in [6.07, 6.45) is 1.74. The van der Waals surface area contributed by atoms with Gasteiger partial charge in [0.15, 0.2) is 11.5 Å². The van der Waals surface area contributed by atoms with Crippen molar-refractivity contribution in [3.8, 4) is 11.4 Å². The number of rotatable bonds is 5. The van der Waals surface area contributed by atoms with E-state index in [9.17, 15) is 4.79 Å². The summed E-state index contributed by atoms with van der Waals surface area (Å²) in [5, 5.41) is 0. The van der Waals surface area contributed by atoms with E-state index >= 15 is 0 Å². The van der Waals surface area contributed by atoms with Gasteiger partial charge in [-0.25, -0.2) is 14.8 Å². The third-order valence-electron chi connectivity index (χ3n) is 7.55. The van der Waals surface area contributed by atoms with E-state index in [0.717, 1.165) is 16.6 Å². The Labute approximate surface area is 253 Å². The summed E-state index contributed by atoms with van der Waals surface area (Å²) in [5.41, 5.74) is 4.55. The van der Waals surface area contributed by atoms with E-state index in [-0.39, 0.29) is 5.69 Å². The molecule has 0 unspecified atom stereocenters. The molecule has 7 nitrogen and oxygen atoms in total. The number of benzene rings is 2. The molecule has 0 aliphatic carbocycles. The highest BCUT2D eigenvalue weighted by Crippen LogP contribution is 2.36. The van der Waals surface area contributed by atoms with E-state index < -0.39 is 18.3 Å². The number of hydrogen-bond donors (Lipinski definition) is 0. The highest BCUT2D eigenvalue weighted by Gasteiger charge is 2.51. The van der Waals surface area contributed by atoms with Crippen molar-refractivity contribution in [2.24, 2.45) is 7.05 Å². The summed E-state index contributed by atoms with van der Waals surface area (Å²) in [6, 6.07) is 16.2. The van der Waals surface area contributed by atoms with Gasteiger partial charge in [-0.2, -0.15) is 0 Å². The third-order valence-corrected chi connectivity index (χ3v) is 7.55. The first-order chi connectivity index (χ1) is 20.0. The first-order valence-corrected chi connectivity index (χ1v) is 15.4. The molecular weight excluding hydrogens is 523 g/mol. The Morgan fingerprint density at radius 1 is 0.857 bits per heavy atom. The summed E-state index contributed by atoms with van der Waals surface area (Å²) in [5.74, 6) is 0.961. The number of aromatic nitrogens is 4. The maximum Gasteiger partial charge on any atom is 0.494 e. The van der Waals surface area contributed by atoms with Gasteiger partial charge in [-0.05, 0) is 50.2 Å². The minimum atomic E-state index is -0.416. The van der Waals surface area contributed by atoms with Crippen LogP contribution < -0.4 is 11.2 Å². The first kappa shape index (κ1) is 35.0. The molecule has 0 saturated carbocycles. The van der Waals surface area contributed by atoms with E-state index in [1.165, 1.54) is 5.56 Å². The minimum Gasteiger partial charge on any atom is -0.399 e. The van der Waals surface area contributed by atoms with Crippen molar-refractivity contribution >= 4 is 23.7 Å². The molecule has 3 heterocycles. The fourth-order valence-electron chi connectivity index (χ4n) is 4.59. The molecule has 1 aliphatic rings. The van der Waals surface area contributed by atoms with E-state index in [1.54, 1.807) is 22.4 Å². The number of imidazole rings is 1. The summed E-state index contributed by atoms with van der Waals surface area (Å²) >= 11 is 0. The Bertz CT molecular complexity index is 1470. The monoisotopic (exact) mass is 574 g/mol. The van der Waals surface area contributed by atoms with E-state index in [0.29, 0.717) is 29.5 Å². The molecule has 1 fully saturated rings. The van der Waals surface area contributed by atoms with Crippen molar-refractivity contribution < 1.29 is 9.31 Å². The Morgan fingerprint density at radius 2 is 1.40 bits per heavy atom. The number of aryl methyl sites for hydroxylation is 1. The predicted molar refractivity (Wildman–Crippen MR) is 178 cm³/mol. The van der Waals surface area contributed by atoms with Gasteiger partial charge in [0.2, 0.25) is 0 Å². The molecule has 2 aromatic carbocycles. The van der Waals surface area contributed by atoms with Crippen LogP contribution in [0, 0.1) is 0 Å². The average Bonchev–Trinajstić information content (AvgIpc) is 3.38. The van der Waals surface area contributed by atoms with Gasteiger partial charge in [0, 0.05) is 12.6 Å². The van der Waals surface area contributed by atoms with Crippen molar-refractivity contribution in [3.05, 3.63) is 76.3 Å². The van der Waals surface area contributed by atoms with Crippen molar-refractivity contribution in [1.82, 2.24) is 19.1 Å². The summed E-state index contributed by atoms with van der Waals surface area (Å²) in [4.78, 5) is 22.6. The van der Waals surface area contributed by atoms with E-state index in [4.69, 9.17) is 14.3 Å². The minimum absolute atomic E-state index is 0.122. The molecule has 1 saturated heterocycles. The van der Waals surface area contributed by atoms with Gasteiger partial charge in [0.25, 0.3) is 0 Å². The van der Waals surface area contributed by atoms with Crippen molar-refractivity contribution in [3.63, 3.8) is 0 Å². The average molecular weight is 575 g/mol. The van der Waals surface area contributed by atoms with Crippen molar-refractivity contribution in [1.29, 1.82) is 0 Å². The molecular formula is C34H51BN4O3. The van der Waals surface area contributed by atoms with Crippen LogP contribution in [0.3, 0.4) is 0 Å². The zero-order valence-electron chi connectivity index (χ0n) is 28.1. The molecule has 0 bridgehead atoms. The molecule has 2 aromatic heterocycles. The predicted octanol–water partition coefficient (Wildman–Crippen LogP) is 7.35. The van der Waals surface area contributed by atoms with Crippen LogP contribution in [0.1, 0.15) is 100 Å². The fraction of sp³-hybridized carbons (Fsp3) is 0.500. The number of nitrogens with zero attached hydrogens (tertiary/aromatic N) is 4. The van der Waals surface area contributed by atoms with Crippen LogP contribution >= 0.6 is 0 Å². The highest BCUT2D eigenvalue weighted by atomic mass is 16.7. The molecule has 0 radical (unpaired) electrons. The maximum absolute atomic E-state index is 13.2. The number of hydrogen-bond acceptors (Lipinski definition) is 5. The molecule has 0 atom stereocenters. The van der Waals surface area contributed by atoms with Crippen molar-refractivity contribution in [2.45, 2.75) is 107 Å². The molecule has 0 spiro atoms. The maximum atomic E-state index is 13.2. The first-order valence-electron chi connectivity index (χ1n) is 15.4. The molecule has 42 heavy (non-hydrogen) atoms. The summed E-state index contributed by atoms with van der Waals surface area (Å²) < 4.78 is 15.7. The van der Waals surface area contributed by atoms with Crippen LogP contribution in [-0.2, 0) is 22.9 Å². The SMILES string of the molecule is CC.CC.CC.CC(C)c1ccccc1-c1ncc2c(n1)n(Cc1ccc(B3OC(C)(C)C(C)(C)O3)cc1)c(=O)n2C. The Balaban J connectivity index is 0.000000966. The van der Waals surface area contributed by atoms with Crippen LogP contribution in [-0.4, -0.2) is 37.4 Å². The van der Waals surface area contributed by atoms with Crippen LogP contribution in [0.15, 0.2) is 59.5 Å². The lowest BCUT2D eigenvalue weighted by Crippen LogP contribution is -2.41. The quantitative estimate of drug-likeness (QED) is 0.233. The number of fused-ring (bicyclic) bond motifs is 1. The zero-order chi connectivity index (χ0) is 31.8. The molecule has 5 rings (SSSR count). The molecule has 0 N–H and O–H groups in total. The van der Waals surface area contributed by atoms with Gasteiger partial charge in [-0.3, -0.25) is 9.13 Å². The molecule has 8 heteroatoms. The standard InChI is InChI=1S/C28H33BN4O3.3C2H6/c1-18(2)21-10-8-9-11-22(21)24-30-16-23-25(31-24)33(26(34)32(23)7)17-19-12-14-20(15-13-19)29-35-27(3,4)28(5,6)36-29;3*1-2/h8-16,18H,17H2,1-7H3;3*1-2H3. The topological polar surface area (TPSA) is 71.2 Å². The van der Waals surface area contributed by atoms with Crippen LogP contribution in [0.2, 0.25) is 0 Å². The zero-order valence-corrected chi connectivity index (χ0v) is 28.1. The second-order valence-electron chi connectivity index (χ2n) is 10.9. The molecule has 4 aromatic rings. The lowest BCUT2D eigenvalue weighted by Gasteiger charge is -2.32. The smallest absolute Gasteiger partial charge is 0.399 e. The third kappa shape index (κ3) is 7.04. The Kier molecular flexibility index (Phi) is 12.3. The fourth-order valence-corrected chi connectivity index (χ4v) is 4.59. The highest BCUT2D eigenvalue weighted by molar-refractivity contribution is 6.62. The van der Waals surface area contributed by atoms with Crippen LogP contribution in [0.25, 0.3) is 22.6 Å². The second-order valence-corrected chi connectivity index (χ2v) is 10.9. The lowest BCUT2D eigenvalue weighted by molar-refractivity contribution is 0.00578. The van der Waals surface area contributed by atoms with Gasteiger partial charge in [-0.1, -0.05) is 104 Å². The van der Waals surface area contributed by atoms with Crippen molar-refractivity contribution in [2.75, 3.05) is 0 Å². The normalized spacial score (nSPS) is 14.9. The summed E-state index contributed by atoms with van der Waals surface area (Å²) in [7, 11) is 1.34.